The van der Waals surface area contributed by atoms with E-state index in [9.17, 15) is 4.79 Å². The zero-order chi connectivity index (χ0) is 21.9. The van der Waals surface area contributed by atoms with Gasteiger partial charge in [0.2, 0.25) is 0 Å². The number of fused-ring (bicyclic) bond motifs is 1. The number of para-hydroxylation sites is 2. The SMILES string of the molecule is CCCCCCCCCn1c(CCCNC(=O)c2ccc(Cl)cc2)nc2ccccc21. The van der Waals surface area contributed by atoms with Crippen LogP contribution in [-0.2, 0) is 13.0 Å². The number of hydrogen-bond acceptors (Lipinski definition) is 2. The smallest absolute Gasteiger partial charge is 0.251 e. The predicted molar refractivity (Wildman–Crippen MR) is 130 cm³/mol. The molecule has 0 radical (unpaired) electrons. The Labute approximate surface area is 191 Å². The maximum atomic E-state index is 12.3. The lowest BCUT2D eigenvalue weighted by molar-refractivity contribution is 0.0953. The summed E-state index contributed by atoms with van der Waals surface area (Å²) in [4.78, 5) is 17.1. The maximum Gasteiger partial charge on any atom is 0.251 e. The summed E-state index contributed by atoms with van der Waals surface area (Å²) < 4.78 is 2.38. The fourth-order valence-corrected chi connectivity index (χ4v) is 4.07. The van der Waals surface area contributed by atoms with E-state index in [1.165, 1.54) is 50.5 Å². The number of benzene rings is 2. The maximum absolute atomic E-state index is 12.3. The third-order valence-electron chi connectivity index (χ3n) is 5.69. The van der Waals surface area contributed by atoms with E-state index >= 15 is 0 Å². The predicted octanol–water partition coefficient (Wildman–Crippen LogP) is 6.80. The van der Waals surface area contributed by atoms with Gasteiger partial charge in [-0.25, -0.2) is 4.98 Å². The van der Waals surface area contributed by atoms with Crippen LogP contribution >= 0.6 is 11.6 Å². The minimum atomic E-state index is -0.0618. The first-order valence-corrected chi connectivity index (χ1v) is 12.0. The number of hydrogen-bond donors (Lipinski definition) is 1. The van der Waals surface area contributed by atoms with Crippen LogP contribution in [-0.4, -0.2) is 22.0 Å². The van der Waals surface area contributed by atoms with Gasteiger partial charge < -0.3 is 9.88 Å². The second-order valence-corrected chi connectivity index (χ2v) is 8.59. The topological polar surface area (TPSA) is 46.9 Å². The average Bonchev–Trinajstić information content (AvgIpc) is 3.14. The summed E-state index contributed by atoms with van der Waals surface area (Å²) in [6, 6.07) is 15.4. The molecule has 0 saturated carbocycles. The molecule has 5 heteroatoms. The van der Waals surface area contributed by atoms with Gasteiger partial charge in [0, 0.05) is 30.1 Å². The van der Waals surface area contributed by atoms with E-state index in [0.717, 1.165) is 30.7 Å². The molecule has 0 bridgehead atoms. The number of aromatic nitrogens is 2. The molecule has 3 rings (SSSR count). The van der Waals surface area contributed by atoms with Gasteiger partial charge in [0.25, 0.3) is 5.91 Å². The highest BCUT2D eigenvalue weighted by molar-refractivity contribution is 6.30. The van der Waals surface area contributed by atoms with Crippen molar-refractivity contribution in [2.24, 2.45) is 0 Å². The molecule has 1 amide bonds. The van der Waals surface area contributed by atoms with Gasteiger partial charge in [0.1, 0.15) is 5.82 Å². The van der Waals surface area contributed by atoms with Gasteiger partial charge in [-0.05, 0) is 49.2 Å². The largest absolute Gasteiger partial charge is 0.352 e. The molecule has 0 atom stereocenters. The van der Waals surface area contributed by atoms with Gasteiger partial charge in [-0.15, -0.1) is 0 Å². The molecule has 1 heterocycles. The molecule has 1 aromatic heterocycles. The fraction of sp³-hybridized carbons (Fsp3) is 0.462. The minimum Gasteiger partial charge on any atom is -0.352 e. The number of nitrogens with zero attached hydrogens (tertiary/aromatic N) is 2. The van der Waals surface area contributed by atoms with Crippen molar-refractivity contribution in [1.82, 2.24) is 14.9 Å². The minimum absolute atomic E-state index is 0.0618. The molecule has 0 aliphatic carbocycles. The molecule has 2 aromatic carbocycles. The summed E-state index contributed by atoms with van der Waals surface area (Å²) in [5.41, 5.74) is 2.91. The normalized spacial score (nSPS) is 11.2. The van der Waals surface area contributed by atoms with Crippen molar-refractivity contribution in [2.75, 3.05) is 6.54 Å². The van der Waals surface area contributed by atoms with E-state index in [1.54, 1.807) is 24.3 Å². The van der Waals surface area contributed by atoms with Crippen molar-refractivity contribution < 1.29 is 4.79 Å². The van der Waals surface area contributed by atoms with Crippen molar-refractivity contribution in [3.05, 3.63) is 64.9 Å². The number of unbranched alkanes of at least 4 members (excludes halogenated alkanes) is 6. The van der Waals surface area contributed by atoms with Crippen LogP contribution in [0.3, 0.4) is 0 Å². The molecule has 0 aliphatic rings. The van der Waals surface area contributed by atoms with Crippen LogP contribution in [0.1, 0.15) is 74.5 Å². The van der Waals surface area contributed by atoms with Crippen molar-refractivity contribution >= 4 is 28.5 Å². The highest BCUT2D eigenvalue weighted by atomic mass is 35.5. The summed E-state index contributed by atoms with van der Waals surface area (Å²) in [6.07, 6.45) is 10.8. The zero-order valence-corrected chi connectivity index (χ0v) is 19.3. The molecular formula is C26H34ClN3O. The van der Waals surface area contributed by atoms with Gasteiger partial charge >= 0.3 is 0 Å². The van der Waals surface area contributed by atoms with Gasteiger partial charge in [-0.3, -0.25) is 4.79 Å². The number of imidazole rings is 1. The van der Waals surface area contributed by atoms with E-state index in [2.05, 4.69) is 35.0 Å². The zero-order valence-electron chi connectivity index (χ0n) is 18.6. The number of halogens is 1. The fourth-order valence-electron chi connectivity index (χ4n) is 3.94. The lowest BCUT2D eigenvalue weighted by Crippen LogP contribution is -2.25. The molecule has 0 unspecified atom stereocenters. The summed E-state index contributed by atoms with van der Waals surface area (Å²) in [7, 11) is 0. The first-order valence-electron chi connectivity index (χ1n) is 11.7. The summed E-state index contributed by atoms with van der Waals surface area (Å²) in [5.74, 6) is 1.06. The Morgan fingerprint density at radius 1 is 0.935 bits per heavy atom. The number of aryl methyl sites for hydroxylation is 2. The second kappa shape index (κ2) is 12.5. The van der Waals surface area contributed by atoms with Crippen LogP contribution in [0.2, 0.25) is 5.02 Å². The van der Waals surface area contributed by atoms with Crippen LogP contribution in [0.4, 0.5) is 0 Å². The van der Waals surface area contributed by atoms with E-state index in [-0.39, 0.29) is 5.91 Å². The number of carbonyl (C=O) groups is 1. The van der Waals surface area contributed by atoms with Gasteiger partial charge in [-0.2, -0.15) is 0 Å². The van der Waals surface area contributed by atoms with Crippen LogP contribution in [0.25, 0.3) is 11.0 Å². The first kappa shape index (κ1) is 23.3. The van der Waals surface area contributed by atoms with Gasteiger partial charge in [-0.1, -0.05) is 69.2 Å². The molecule has 0 fully saturated rings. The van der Waals surface area contributed by atoms with Crippen LogP contribution in [0, 0.1) is 0 Å². The quantitative estimate of drug-likeness (QED) is 0.297. The highest BCUT2D eigenvalue weighted by Crippen LogP contribution is 2.19. The highest BCUT2D eigenvalue weighted by Gasteiger charge is 2.11. The van der Waals surface area contributed by atoms with Crippen molar-refractivity contribution in [2.45, 2.75) is 71.3 Å². The molecule has 0 spiro atoms. The van der Waals surface area contributed by atoms with E-state index in [4.69, 9.17) is 16.6 Å². The molecule has 3 aromatic rings. The Morgan fingerprint density at radius 3 is 2.42 bits per heavy atom. The summed E-state index contributed by atoms with van der Waals surface area (Å²) in [5, 5.41) is 3.64. The summed E-state index contributed by atoms with van der Waals surface area (Å²) >= 11 is 5.89. The Balaban J connectivity index is 1.50. The van der Waals surface area contributed by atoms with Crippen LogP contribution in [0.15, 0.2) is 48.5 Å². The standard InChI is InChI=1S/C26H34ClN3O/c1-2-3-4-5-6-7-10-20-30-24-13-9-8-12-23(24)29-25(30)14-11-19-28-26(31)21-15-17-22(27)18-16-21/h8-9,12-13,15-18H,2-7,10-11,14,19-20H2,1H3,(H,28,31). The van der Waals surface area contributed by atoms with Gasteiger partial charge in [0.05, 0.1) is 11.0 Å². The van der Waals surface area contributed by atoms with E-state index in [0.29, 0.717) is 17.1 Å². The Bertz CT molecular complexity index is 949. The Hall–Kier alpha value is -2.33. The monoisotopic (exact) mass is 439 g/mol. The third kappa shape index (κ3) is 7.10. The second-order valence-electron chi connectivity index (χ2n) is 8.16. The third-order valence-corrected chi connectivity index (χ3v) is 5.94. The van der Waals surface area contributed by atoms with Gasteiger partial charge in [0.15, 0.2) is 0 Å². The molecule has 0 saturated heterocycles. The van der Waals surface area contributed by atoms with E-state index < -0.39 is 0 Å². The molecular weight excluding hydrogens is 406 g/mol. The summed E-state index contributed by atoms with van der Waals surface area (Å²) in [6.45, 7) is 3.90. The van der Waals surface area contributed by atoms with Crippen molar-refractivity contribution in [1.29, 1.82) is 0 Å². The number of carbonyl (C=O) groups excluding carboxylic acids is 1. The van der Waals surface area contributed by atoms with Crippen LogP contribution < -0.4 is 5.32 Å². The molecule has 1 N–H and O–H groups in total. The molecule has 4 nitrogen and oxygen atoms in total. The lowest BCUT2D eigenvalue weighted by Gasteiger charge is -2.10. The van der Waals surface area contributed by atoms with Crippen molar-refractivity contribution in [3.8, 4) is 0 Å². The van der Waals surface area contributed by atoms with E-state index in [1.807, 2.05) is 6.07 Å². The number of rotatable bonds is 13. The molecule has 0 aliphatic heterocycles. The lowest BCUT2D eigenvalue weighted by atomic mass is 10.1. The Kier molecular flexibility index (Phi) is 9.41. The molecule has 31 heavy (non-hydrogen) atoms. The average molecular weight is 440 g/mol. The van der Waals surface area contributed by atoms with Crippen LogP contribution in [0.5, 0.6) is 0 Å². The Morgan fingerprint density at radius 2 is 1.65 bits per heavy atom. The number of amides is 1. The molecule has 166 valence electrons. The van der Waals surface area contributed by atoms with Crippen molar-refractivity contribution in [3.63, 3.8) is 0 Å². The number of nitrogens with one attached hydrogen (secondary N) is 1. The first-order chi connectivity index (χ1) is 15.2.